The number of ether oxygens (including phenoxy) is 1. The predicted octanol–water partition coefficient (Wildman–Crippen LogP) is 1.82. The SMILES string of the molecule is COc1ncsc1C(=O)NC1C2CC3CC1CC(O)(C3)C2. The minimum absolute atomic E-state index is 0.0844. The van der Waals surface area contributed by atoms with Gasteiger partial charge in [0.05, 0.1) is 18.2 Å². The van der Waals surface area contributed by atoms with Crippen molar-refractivity contribution in [1.82, 2.24) is 10.3 Å². The van der Waals surface area contributed by atoms with Crippen molar-refractivity contribution in [2.45, 2.75) is 43.7 Å². The molecule has 4 aliphatic rings. The molecule has 4 aliphatic carbocycles. The summed E-state index contributed by atoms with van der Waals surface area (Å²) >= 11 is 1.31. The summed E-state index contributed by atoms with van der Waals surface area (Å²) in [5.41, 5.74) is 1.17. The fraction of sp³-hybridized carbons (Fsp3) is 0.733. The Balaban J connectivity index is 1.52. The Labute approximate surface area is 127 Å². The number of rotatable bonds is 3. The second-order valence-corrected chi connectivity index (χ2v) is 7.74. The summed E-state index contributed by atoms with van der Waals surface area (Å²) in [6.45, 7) is 0. The van der Waals surface area contributed by atoms with Gasteiger partial charge in [-0.1, -0.05) is 0 Å². The van der Waals surface area contributed by atoms with Crippen LogP contribution < -0.4 is 10.1 Å². The highest BCUT2D eigenvalue weighted by Gasteiger charge is 2.55. The molecule has 1 aromatic rings. The van der Waals surface area contributed by atoms with Crippen LogP contribution in [0.3, 0.4) is 0 Å². The van der Waals surface area contributed by atoms with Gasteiger partial charge in [-0.15, -0.1) is 11.3 Å². The average molecular weight is 308 g/mol. The fourth-order valence-electron chi connectivity index (χ4n) is 4.97. The lowest BCUT2D eigenvalue weighted by Gasteiger charge is -2.58. The first kappa shape index (κ1) is 13.5. The summed E-state index contributed by atoms with van der Waals surface area (Å²) in [7, 11) is 1.53. The third-order valence-corrected chi connectivity index (χ3v) is 6.28. The maximum Gasteiger partial charge on any atom is 0.267 e. The van der Waals surface area contributed by atoms with E-state index in [9.17, 15) is 9.90 Å². The van der Waals surface area contributed by atoms with Crippen molar-refractivity contribution in [3.05, 3.63) is 10.4 Å². The van der Waals surface area contributed by atoms with E-state index < -0.39 is 5.60 Å². The van der Waals surface area contributed by atoms with Gasteiger partial charge in [-0.25, -0.2) is 4.98 Å². The molecule has 2 atom stereocenters. The van der Waals surface area contributed by atoms with Gasteiger partial charge in [0.25, 0.3) is 5.91 Å². The number of thiazole rings is 1. The first-order valence-electron chi connectivity index (χ1n) is 7.59. The third kappa shape index (κ3) is 2.16. The predicted molar refractivity (Wildman–Crippen MR) is 78.4 cm³/mol. The number of nitrogens with one attached hydrogen (secondary N) is 1. The zero-order chi connectivity index (χ0) is 14.6. The van der Waals surface area contributed by atoms with E-state index in [4.69, 9.17) is 4.74 Å². The van der Waals surface area contributed by atoms with Gasteiger partial charge < -0.3 is 15.2 Å². The lowest BCUT2D eigenvalue weighted by molar-refractivity contribution is -0.136. The molecule has 6 heteroatoms. The first-order chi connectivity index (χ1) is 10.1. The van der Waals surface area contributed by atoms with Crippen molar-refractivity contribution in [2.24, 2.45) is 17.8 Å². The maximum absolute atomic E-state index is 12.5. The van der Waals surface area contributed by atoms with Crippen molar-refractivity contribution >= 4 is 17.2 Å². The van der Waals surface area contributed by atoms with Gasteiger partial charge in [0.2, 0.25) is 5.88 Å². The smallest absolute Gasteiger partial charge is 0.267 e. The molecule has 1 amide bonds. The van der Waals surface area contributed by atoms with Crippen molar-refractivity contribution in [3.63, 3.8) is 0 Å². The second kappa shape index (κ2) is 4.68. The van der Waals surface area contributed by atoms with E-state index in [0.717, 1.165) is 32.1 Å². The molecule has 114 valence electrons. The van der Waals surface area contributed by atoms with Crippen LogP contribution in [0.25, 0.3) is 0 Å². The molecular formula is C15H20N2O3S. The highest BCUT2D eigenvalue weighted by molar-refractivity contribution is 7.12. The van der Waals surface area contributed by atoms with Crippen LogP contribution in [0.5, 0.6) is 5.88 Å². The minimum atomic E-state index is -0.458. The molecule has 0 aliphatic heterocycles. The molecule has 4 fully saturated rings. The van der Waals surface area contributed by atoms with E-state index in [1.807, 2.05) is 0 Å². The number of nitrogens with zero attached hydrogens (tertiary/aromatic N) is 1. The average Bonchev–Trinajstić information content (AvgIpc) is 2.89. The number of aliphatic hydroxyl groups is 1. The number of aromatic nitrogens is 1. The number of methoxy groups -OCH3 is 1. The van der Waals surface area contributed by atoms with Crippen LogP contribution in [0, 0.1) is 17.8 Å². The van der Waals surface area contributed by atoms with E-state index in [-0.39, 0.29) is 11.9 Å². The monoisotopic (exact) mass is 308 g/mol. The highest BCUT2D eigenvalue weighted by atomic mass is 32.1. The Morgan fingerprint density at radius 3 is 2.76 bits per heavy atom. The van der Waals surface area contributed by atoms with Crippen LogP contribution in [0.15, 0.2) is 5.51 Å². The largest absolute Gasteiger partial charge is 0.480 e. The number of hydrogen-bond acceptors (Lipinski definition) is 5. The van der Waals surface area contributed by atoms with Crippen molar-refractivity contribution in [1.29, 1.82) is 0 Å². The van der Waals surface area contributed by atoms with Crippen molar-refractivity contribution < 1.29 is 14.6 Å². The molecule has 21 heavy (non-hydrogen) atoms. The van der Waals surface area contributed by atoms with Gasteiger partial charge in [-0.2, -0.15) is 0 Å². The minimum Gasteiger partial charge on any atom is -0.480 e. The maximum atomic E-state index is 12.5. The first-order valence-corrected chi connectivity index (χ1v) is 8.47. The molecule has 4 saturated carbocycles. The lowest BCUT2D eigenvalue weighted by atomic mass is 9.52. The summed E-state index contributed by atoms with van der Waals surface area (Å²) in [4.78, 5) is 17.1. The van der Waals surface area contributed by atoms with Gasteiger partial charge in [-0.05, 0) is 49.9 Å². The molecule has 2 N–H and O–H groups in total. The molecule has 1 heterocycles. The summed E-state index contributed by atoms with van der Waals surface area (Å²) in [5.74, 6) is 1.81. The lowest BCUT2D eigenvalue weighted by Crippen LogP contribution is -2.61. The molecule has 5 rings (SSSR count). The summed E-state index contributed by atoms with van der Waals surface area (Å²) < 4.78 is 5.13. The van der Waals surface area contributed by atoms with E-state index in [1.165, 1.54) is 18.4 Å². The fourth-order valence-corrected chi connectivity index (χ4v) is 5.62. The van der Waals surface area contributed by atoms with Crippen LogP contribution in [0.1, 0.15) is 41.8 Å². The quantitative estimate of drug-likeness (QED) is 0.893. The van der Waals surface area contributed by atoms with Crippen molar-refractivity contribution in [3.8, 4) is 5.88 Å². The zero-order valence-corrected chi connectivity index (χ0v) is 12.9. The van der Waals surface area contributed by atoms with Crippen LogP contribution in [-0.2, 0) is 0 Å². The van der Waals surface area contributed by atoms with E-state index in [1.54, 1.807) is 5.51 Å². The van der Waals surface area contributed by atoms with Crippen LogP contribution in [-0.4, -0.2) is 34.8 Å². The third-order valence-electron chi connectivity index (χ3n) is 5.47. The van der Waals surface area contributed by atoms with Crippen LogP contribution in [0.4, 0.5) is 0 Å². The van der Waals surface area contributed by atoms with Crippen molar-refractivity contribution in [2.75, 3.05) is 7.11 Å². The molecular weight excluding hydrogens is 288 g/mol. The number of amides is 1. The van der Waals surface area contributed by atoms with Gasteiger partial charge in [0.1, 0.15) is 0 Å². The Morgan fingerprint density at radius 1 is 1.43 bits per heavy atom. The molecule has 0 radical (unpaired) electrons. The zero-order valence-electron chi connectivity index (χ0n) is 12.0. The standard InChI is InChI=1S/C15H20N2O3S/c1-20-14-12(21-7-16-14)13(18)17-11-9-2-8-3-10(11)6-15(19,4-8)5-9/h7-11,19H,2-6H2,1H3,(H,17,18). The van der Waals surface area contributed by atoms with Crippen LogP contribution >= 0.6 is 11.3 Å². The van der Waals surface area contributed by atoms with Gasteiger partial charge >= 0.3 is 0 Å². The Hall–Kier alpha value is -1.14. The van der Waals surface area contributed by atoms with Gasteiger partial charge in [0, 0.05) is 6.04 Å². The summed E-state index contributed by atoms with van der Waals surface area (Å²) in [6, 6.07) is 0.195. The van der Waals surface area contributed by atoms with Gasteiger partial charge in [-0.3, -0.25) is 4.79 Å². The Kier molecular flexibility index (Phi) is 3.01. The second-order valence-electron chi connectivity index (χ2n) is 6.88. The molecule has 0 aromatic carbocycles. The molecule has 2 unspecified atom stereocenters. The summed E-state index contributed by atoms with van der Waals surface area (Å²) in [5, 5.41) is 13.8. The summed E-state index contributed by atoms with van der Waals surface area (Å²) in [6.07, 6.45) is 4.92. The van der Waals surface area contributed by atoms with Crippen LogP contribution in [0.2, 0.25) is 0 Å². The highest BCUT2D eigenvalue weighted by Crippen LogP contribution is 2.55. The Morgan fingerprint density at radius 2 is 2.14 bits per heavy atom. The van der Waals surface area contributed by atoms with E-state index in [2.05, 4.69) is 10.3 Å². The number of carbonyl (C=O) groups excluding carboxylic acids is 1. The number of carbonyl (C=O) groups is 1. The molecule has 0 spiro atoms. The molecule has 5 nitrogen and oxygen atoms in total. The molecule has 4 bridgehead atoms. The van der Waals surface area contributed by atoms with E-state index in [0.29, 0.717) is 28.5 Å². The normalized spacial score (nSPS) is 40.3. The number of hydrogen-bond donors (Lipinski definition) is 2. The molecule has 1 aromatic heterocycles. The van der Waals surface area contributed by atoms with Gasteiger partial charge in [0.15, 0.2) is 4.88 Å². The van der Waals surface area contributed by atoms with E-state index >= 15 is 0 Å². The molecule has 0 saturated heterocycles. The topological polar surface area (TPSA) is 71.5 Å². The Bertz CT molecular complexity index is 557.